The maximum Gasteiger partial charge on any atom is 0.0209 e. The minimum atomic E-state index is 0.449. The molecule has 0 amide bonds. The van der Waals surface area contributed by atoms with E-state index >= 15 is 0 Å². The van der Waals surface area contributed by atoms with Crippen molar-refractivity contribution < 1.29 is 0 Å². The highest BCUT2D eigenvalue weighted by molar-refractivity contribution is 7.80. The minimum absolute atomic E-state index is 0.449. The lowest BCUT2D eigenvalue weighted by Gasteiger charge is -2.07. The number of rotatable bonds is 6. The Kier molecular flexibility index (Phi) is 9.63. The van der Waals surface area contributed by atoms with Crippen LogP contribution in [0.2, 0.25) is 0 Å². The summed E-state index contributed by atoms with van der Waals surface area (Å²) in [5, 5.41) is 0.449. The Labute approximate surface area is 107 Å². The molecular formula is C15H26S. The van der Waals surface area contributed by atoms with Crippen LogP contribution >= 0.6 is 12.6 Å². The first kappa shape index (κ1) is 15.7. The van der Waals surface area contributed by atoms with Gasteiger partial charge in [-0.3, -0.25) is 0 Å². The summed E-state index contributed by atoms with van der Waals surface area (Å²) in [6, 6.07) is 0. The highest BCUT2D eigenvalue weighted by atomic mass is 32.1. The Morgan fingerprint density at radius 1 is 1.19 bits per heavy atom. The molecule has 0 bridgehead atoms. The van der Waals surface area contributed by atoms with E-state index in [4.69, 9.17) is 0 Å². The molecule has 0 fully saturated rings. The third kappa shape index (κ3) is 11.7. The van der Waals surface area contributed by atoms with Gasteiger partial charge in [0.1, 0.15) is 0 Å². The van der Waals surface area contributed by atoms with Crippen LogP contribution in [0.5, 0.6) is 0 Å². The zero-order chi connectivity index (χ0) is 12.4. The fourth-order valence-electron chi connectivity index (χ4n) is 1.41. The van der Waals surface area contributed by atoms with Gasteiger partial charge in [-0.2, -0.15) is 12.6 Å². The van der Waals surface area contributed by atoms with E-state index in [1.54, 1.807) is 0 Å². The highest BCUT2D eigenvalue weighted by Gasteiger charge is 2.01. The average molecular weight is 238 g/mol. The minimum Gasteiger partial charge on any atom is -0.175 e. The van der Waals surface area contributed by atoms with Crippen LogP contribution in [0.15, 0.2) is 11.6 Å². The molecule has 0 nitrogen and oxygen atoms in total. The standard InChI is InChI=1S/C15H26S/c1-13(2)9-5-7-11-15(16)12-8-6-10-14(3)4/h10,13,15-16H,5,7,9,11-12H2,1-4H3. The molecule has 0 heterocycles. The van der Waals surface area contributed by atoms with E-state index in [2.05, 4.69) is 52.2 Å². The maximum absolute atomic E-state index is 4.56. The van der Waals surface area contributed by atoms with Crippen LogP contribution < -0.4 is 0 Å². The highest BCUT2D eigenvalue weighted by Crippen LogP contribution is 2.14. The van der Waals surface area contributed by atoms with E-state index in [0.717, 1.165) is 12.3 Å². The van der Waals surface area contributed by atoms with Gasteiger partial charge < -0.3 is 0 Å². The quantitative estimate of drug-likeness (QED) is 0.381. The van der Waals surface area contributed by atoms with E-state index in [1.807, 2.05) is 6.08 Å². The number of hydrogen-bond donors (Lipinski definition) is 1. The van der Waals surface area contributed by atoms with Crippen molar-refractivity contribution in [2.45, 2.75) is 65.0 Å². The molecule has 92 valence electrons. The SMILES string of the molecule is CC(C)=CC#CCC(S)CCCCC(C)C. The first-order valence-electron chi connectivity index (χ1n) is 6.32. The van der Waals surface area contributed by atoms with Crippen LogP contribution in [0.1, 0.15) is 59.8 Å². The molecule has 0 saturated carbocycles. The Balaban J connectivity index is 3.54. The zero-order valence-corrected chi connectivity index (χ0v) is 12.1. The number of allylic oxidation sites excluding steroid dienone is 2. The normalized spacial score (nSPS) is 11.9. The molecule has 0 aromatic heterocycles. The summed E-state index contributed by atoms with van der Waals surface area (Å²) in [5.41, 5.74) is 1.26. The topological polar surface area (TPSA) is 0 Å². The van der Waals surface area contributed by atoms with Crippen LogP contribution in [-0.4, -0.2) is 5.25 Å². The molecule has 0 radical (unpaired) electrons. The fraction of sp³-hybridized carbons (Fsp3) is 0.733. The van der Waals surface area contributed by atoms with Crippen LogP contribution in [0.3, 0.4) is 0 Å². The number of unbranched alkanes of at least 4 members (excludes halogenated alkanes) is 1. The van der Waals surface area contributed by atoms with Crippen molar-refractivity contribution in [1.82, 2.24) is 0 Å². The van der Waals surface area contributed by atoms with Gasteiger partial charge >= 0.3 is 0 Å². The molecule has 0 spiro atoms. The Hall–Kier alpha value is -0.350. The van der Waals surface area contributed by atoms with Gasteiger partial charge in [0.15, 0.2) is 0 Å². The third-order valence-electron chi connectivity index (χ3n) is 2.37. The first-order valence-corrected chi connectivity index (χ1v) is 6.83. The van der Waals surface area contributed by atoms with Crippen LogP contribution in [0.25, 0.3) is 0 Å². The molecule has 0 aliphatic carbocycles. The lowest BCUT2D eigenvalue weighted by molar-refractivity contribution is 0.524. The monoisotopic (exact) mass is 238 g/mol. The van der Waals surface area contributed by atoms with E-state index in [-0.39, 0.29) is 0 Å². The molecule has 0 N–H and O–H groups in total. The number of hydrogen-bond acceptors (Lipinski definition) is 1. The lowest BCUT2D eigenvalue weighted by atomic mass is 10.0. The Morgan fingerprint density at radius 2 is 1.81 bits per heavy atom. The summed E-state index contributed by atoms with van der Waals surface area (Å²) in [4.78, 5) is 0. The van der Waals surface area contributed by atoms with Crippen molar-refractivity contribution in [1.29, 1.82) is 0 Å². The zero-order valence-electron chi connectivity index (χ0n) is 11.2. The van der Waals surface area contributed by atoms with E-state index in [0.29, 0.717) is 5.25 Å². The molecule has 0 rings (SSSR count). The molecule has 0 aliphatic rings. The largest absolute Gasteiger partial charge is 0.175 e. The van der Waals surface area contributed by atoms with Gasteiger partial charge in [-0.15, -0.1) is 0 Å². The predicted molar refractivity (Wildman–Crippen MR) is 77.9 cm³/mol. The van der Waals surface area contributed by atoms with Gasteiger partial charge in [0, 0.05) is 11.7 Å². The van der Waals surface area contributed by atoms with Gasteiger partial charge in [-0.25, -0.2) is 0 Å². The smallest absolute Gasteiger partial charge is 0.0209 e. The van der Waals surface area contributed by atoms with Crippen molar-refractivity contribution in [3.8, 4) is 11.8 Å². The molecular weight excluding hydrogens is 212 g/mol. The van der Waals surface area contributed by atoms with Gasteiger partial charge in [0.2, 0.25) is 0 Å². The van der Waals surface area contributed by atoms with Crippen molar-refractivity contribution in [3.63, 3.8) is 0 Å². The van der Waals surface area contributed by atoms with E-state index in [1.165, 1.54) is 31.3 Å². The number of thiol groups is 1. The van der Waals surface area contributed by atoms with Gasteiger partial charge in [0.25, 0.3) is 0 Å². The van der Waals surface area contributed by atoms with Gasteiger partial charge in [-0.05, 0) is 32.3 Å². The molecule has 0 saturated heterocycles. The van der Waals surface area contributed by atoms with Gasteiger partial charge in [0.05, 0.1) is 0 Å². The lowest BCUT2D eigenvalue weighted by Crippen LogP contribution is -1.97. The maximum atomic E-state index is 4.56. The molecule has 0 aromatic rings. The summed E-state index contributed by atoms with van der Waals surface area (Å²) in [7, 11) is 0. The third-order valence-corrected chi connectivity index (χ3v) is 2.81. The van der Waals surface area contributed by atoms with Crippen molar-refractivity contribution in [2.24, 2.45) is 5.92 Å². The Morgan fingerprint density at radius 3 is 2.38 bits per heavy atom. The summed E-state index contributed by atoms with van der Waals surface area (Å²) < 4.78 is 0. The van der Waals surface area contributed by atoms with Gasteiger partial charge in [-0.1, -0.05) is 50.5 Å². The second-order valence-corrected chi connectivity index (χ2v) is 5.81. The average Bonchev–Trinajstić information content (AvgIpc) is 2.19. The molecule has 1 heteroatoms. The van der Waals surface area contributed by atoms with Crippen molar-refractivity contribution in [3.05, 3.63) is 11.6 Å². The fourth-order valence-corrected chi connectivity index (χ4v) is 1.68. The first-order chi connectivity index (χ1) is 7.52. The molecule has 0 aromatic carbocycles. The summed E-state index contributed by atoms with van der Waals surface area (Å²) >= 11 is 4.56. The molecule has 1 atom stereocenters. The second-order valence-electron chi connectivity index (χ2n) is 5.08. The van der Waals surface area contributed by atoms with Crippen molar-refractivity contribution in [2.75, 3.05) is 0 Å². The second kappa shape index (κ2) is 9.85. The van der Waals surface area contributed by atoms with Crippen molar-refractivity contribution >= 4 is 12.6 Å². The molecule has 0 aliphatic heterocycles. The van der Waals surface area contributed by atoms with E-state index < -0.39 is 0 Å². The van der Waals surface area contributed by atoms with Crippen LogP contribution in [0, 0.1) is 17.8 Å². The predicted octanol–water partition coefficient (Wildman–Crippen LogP) is 4.86. The van der Waals surface area contributed by atoms with E-state index in [9.17, 15) is 0 Å². The Bertz CT molecular complexity index is 248. The molecule has 16 heavy (non-hydrogen) atoms. The van der Waals surface area contributed by atoms with Crippen LogP contribution in [0.4, 0.5) is 0 Å². The molecule has 1 unspecified atom stereocenters. The summed E-state index contributed by atoms with van der Waals surface area (Å²) in [5.74, 6) is 7.06. The summed E-state index contributed by atoms with van der Waals surface area (Å²) in [6.45, 7) is 8.70. The van der Waals surface area contributed by atoms with Crippen LogP contribution in [-0.2, 0) is 0 Å². The summed E-state index contributed by atoms with van der Waals surface area (Å²) in [6.07, 6.45) is 8.03.